The van der Waals surface area contributed by atoms with Crippen molar-refractivity contribution < 1.29 is 24.3 Å². The Morgan fingerprint density at radius 1 is 1.09 bits per heavy atom. The molecule has 1 aromatic carbocycles. The van der Waals surface area contributed by atoms with E-state index in [9.17, 15) is 24.3 Å². The van der Waals surface area contributed by atoms with E-state index in [2.05, 4.69) is 31.2 Å². The second-order valence-corrected chi connectivity index (χ2v) is 7.86. The van der Waals surface area contributed by atoms with Gasteiger partial charge < -0.3 is 31.4 Å². The molecule has 1 fully saturated rings. The highest BCUT2D eigenvalue weighted by molar-refractivity contribution is 5.92. The summed E-state index contributed by atoms with van der Waals surface area (Å²) in [6, 6.07) is 6.37. The van der Waals surface area contributed by atoms with Crippen LogP contribution in [-0.2, 0) is 32.0 Å². The second kappa shape index (κ2) is 11.8. The van der Waals surface area contributed by atoms with Gasteiger partial charge in [0, 0.05) is 24.7 Å². The van der Waals surface area contributed by atoms with Gasteiger partial charge in [0.2, 0.25) is 17.7 Å². The van der Waals surface area contributed by atoms with E-state index >= 15 is 0 Å². The number of rotatable bonds is 11. The number of carboxylic acid groups (broad SMARTS) is 1. The molecule has 0 radical (unpaired) electrons. The third kappa shape index (κ3) is 7.42. The molecule has 2 heterocycles. The average molecular weight is 457 g/mol. The first-order chi connectivity index (χ1) is 15.9. The van der Waals surface area contributed by atoms with Crippen molar-refractivity contribution >= 4 is 23.7 Å². The quantitative estimate of drug-likeness (QED) is 0.255. The van der Waals surface area contributed by atoms with Crippen molar-refractivity contribution in [3.8, 4) is 0 Å². The molecule has 11 nitrogen and oxygen atoms in total. The van der Waals surface area contributed by atoms with Crippen LogP contribution in [0.4, 0.5) is 0 Å². The SMILES string of the molecule is O=C(CNC(=O)C1CCCN1)NC(Cc1cnc[nH]1)C(=O)NC(Cc1ccccc1)C(=O)O. The predicted octanol–water partition coefficient (Wildman–Crippen LogP) is -0.883. The van der Waals surface area contributed by atoms with Crippen LogP contribution >= 0.6 is 0 Å². The van der Waals surface area contributed by atoms with Gasteiger partial charge in [0.1, 0.15) is 12.1 Å². The Morgan fingerprint density at radius 2 is 1.88 bits per heavy atom. The maximum Gasteiger partial charge on any atom is 0.326 e. The van der Waals surface area contributed by atoms with Gasteiger partial charge in [-0.3, -0.25) is 14.4 Å². The lowest BCUT2D eigenvalue weighted by atomic mass is 10.0. The van der Waals surface area contributed by atoms with Crippen molar-refractivity contribution in [2.75, 3.05) is 13.1 Å². The van der Waals surface area contributed by atoms with E-state index in [1.807, 2.05) is 6.07 Å². The highest BCUT2D eigenvalue weighted by Gasteiger charge is 2.28. The number of aromatic amines is 1. The molecule has 0 spiro atoms. The first-order valence-corrected chi connectivity index (χ1v) is 10.8. The molecule has 176 valence electrons. The summed E-state index contributed by atoms with van der Waals surface area (Å²) >= 11 is 0. The minimum Gasteiger partial charge on any atom is -0.480 e. The molecule has 1 aromatic heterocycles. The topological polar surface area (TPSA) is 165 Å². The smallest absolute Gasteiger partial charge is 0.326 e. The van der Waals surface area contributed by atoms with Gasteiger partial charge in [0.15, 0.2) is 0 Å². The number of amides is 3. The fraction of sp³-hybridized carbons (Fsp3) is 0.409. The number of nitrogens with one attached hydrogen (secondary N) is 5. The Morgan fingerprint density at radius 3 is 2.52 bits per heavy atom. The Balaban J connectivity index is 1.61. The molecule has 2 aromatic rings. The molecule has 33 heavy (non-hydrogen) atoms. The summed E-state index contributed by atoms with van der Waals surface area (Å²) in [5, 5.41) is 20.3. The lowest BCUT2D eigenvalue weighted by Gasteiger charge is -2.21. The second-order valence-electron chi connectivity index (χ2n) is 7.86. The fourth-order valence-corrected chi connectivity index (χ4v) is 3.59. The fourth-order valence-electron chi connectivity index (χ4n) is 3.59. The zero-order valence-electron chi connectivity index (χ0n) is 18.0. The molecule has 0 aliphatic carbocycles. The largest absolute Gasteiger partial charge is 0.480 e. The van der Waals surface area contributed by atoms with Crippen LogP contribution in [0.5, 0.6) is 0 Å². The van der Waals surface area contributed by atoms with Crippen molar-refractivity contribution in [2.45, 2.75) is 43.8 Å². The van der Waals surface area contributed by atoms with Crippen molar-refractivity contribution in [3.05, 3.63) is 54.1 Å². The lowest BCUT2D eigenvalue weighted by Crippen LogP contribution is -2.54. The number of aromatic nitrogens is 2. The van der Waals surface area contributed by atoms with E-state index in [0.717, 1.165) is 18.5 Å². The average Bonchev–Trinajstić information content (AvgIpc) is 3.51. The Hall–Kier alpha value is -3.73. The highest BCUT2D eigenvalue weighted by atomic mass is 16.4. The number of H-pyrrole nitrogens is 1. The summed E-state index contributed by atoms with van der Waals surface area (Å²) in [6.07, 6.45) is 4.72. The van der Waals surface area contributed by atoms with Crippen LogP contribution < -0.4 is 21.3 Å². The molecule has 1 saturated heterocycles. The van der Waals surface area contributed by atoms with Gasteiger partial charge in [-0.1, -0.05) is 30.3 Å². The number of hydrogen-bond donors (Lipinski definition) is 6. The normalized spacial score (nSPS) is 17.0. The molecule has 0 saturated carbocycles. The number of imidazole rings is 1. The van der Waals surface area contributed by atoms with Crippen LogP contribution in [0.1, 0.15) is 24.1 Å². The van der Waals surface area contributed by atoms with Crippen molar-refractivity contribution in [1.29, 1.82) is 0 Å². The molecular weight excluding hydrogens is 428 g/mol. The first-order valence-electron chi connectivity index (χ1n) is 10.8. The number of nitrogens with zero attached hydrogens (tertiary/aromatic N) is 1. The molecule has 3 amide bonds. The van der Waals surface area contributed by atoms with E-state index in [4.69, 9.17) is 0 Å². The van der Waals surface area contributed by atoms with E-state index in [1.54, 1.807) is 24.3 Å². The first kappa shape index (κ1) is 23.9. The monoisotopic (exact) mass is 456 g/mol. The van der Waals surface area contributed by atoms with Crippen LogP contribution in [0.15, 0.2) is 42.9 Å². The summed E-state index contributed by atoms with van der Waals surface area (Å²) in [5.41, 5.74) is 1.34. The Bertz CT molecular complexity index is 943. The maximum absolute atomic E-state index is 12.9. The molecule has 11 heteroatoms. The Labute approximate surface area is 190 Å². The van der Waals surface area contributed by atoms with Gasteiger partial charge in [-0.2, -0.15) is 0 Å². The number of carbonyl (C=O) groups excluding carboxylic acids is 3. The summed E-state index contributed by atoms with van der Waals surface area (Å²) in [5.74, 6) is -2.66. The molecule has 0 bridgehead atoms. The van der Waals surface area contributed by atoms with E-state index < -0.39 is 29.9 Å². The highest BCUT2D eigenvalue weighted by Crippen LogP contribution is 2.06. The number of hydrogen-bond acceptors (Lipinski definition) is 6. The van der Waals surface area contributed by atoms with Crippen molar-refractivity contribution in [3.63, 3.8) is 0 Å². The van der Waals surface area contributed by atoms with Crippen molar-refractivity contribution in [1.82, 2.24) is 31.2 Å². The molecule has 3 unspecified atom stereocenters. The Kier molecular flexibility index (Phi) is 8.53. The minimum absolute atomic E-state index is 0.0768. The predicted molar refractivity (Wildman–Crippen MR) is 118 cm³/mol. The standard InChI is InChI=1S/C22H28N6O5/c29-19(12-25-20(30)16-7-4-8-24-16)27-17(10-15-11-23-13-26-15)21(31)28-18(22(32)33)9-14-5-2-1-3-6-14/h1-3,5-6,11,13,16-18,24H,4,7-10,12H2,(H,23,26)(H,25,30)(H,27,29)(H,28,31)(H,32,33). The van der Waals surface area contributed by atoms with Gasteiger partial charge in [0.25, 0.3) is 0 Å². The van der Waals surface area contributed by atoms with E-state index in [1.165, 1.54) is 12.5 Å². The van der Waals surface area contributed by atoms with Gasteiger partial charge >= 0.3 is 5.97 Å². The van der Waals surface area contributed by atoms with Crippen LogP contribution in [0.2, 0.25) is 0 Å². The third-order valence-electron chi connectivity index (χ3n) is 5.33. The lowest BCUT2D eigenvalue weighted by molar-refractivity contribution is -0.142. The summed E-state index contributed by atoms with van der Waals surface area (Å²) in [6.45, 7) is 0.459. The van der Waals surface area contributed by atoms with E-state index in [0.29, 0.717) is 12.1 Å². The molecule has 6 N–H and O–H groups in total. The molecule has 3 atom stereocenters. The molecule has 1 aliphatic heterocycles. The third-order valence-corrected chi connectivity index (χ3v) is 5.33. The molecular formula is C22H28N6O5. The molecule has 1 aliphatic rings. The van der Waals surface area contributed by atoms with Crippen LogP contribution in [0.3, 0.4) is 0 Å². The van der Waals surface area contributed by atoms with E-state index in [-0.39, 0.29) is 31.3 Å². The van der Waals surface area contributed by atoms with Crippen LogP contribution in [-0.4, -0.2) is 70.0 Å². The summed E-state index contributed by atoms with van der Waals surface area (Å²) in [7, 11) is 0. The number of carbonyl (C=O) groups is 4. The summed E-state index contributed by atoms with van der Waals surface area (Å²) < 4.78 is 0. The number of carboxylic acids is 1. The zero-order chi connectivity index (χ0) is 23.6. The van der Waals surface area contributed by atoms with Gasteiger partial charge in [-0.25, -0.2) is 9.78 Å². The van der Waals surface area contributed by atoms with Gasteiger partial charge in [-0.15, -0.1) is 0 Å². The molecule has 3 rings (SSSR count). The number of benzene rings is 1. The minimum atomic E-state index is -1.19. The van der Waals surface area contributed by atoms with Crippen LogP contribution in [0, 0.1) is 0 Å². The summed E-state index contributed by atoms with van der Waals surface area (Å²) in [4.78, 5) is 56.0. The van der Waals surface area contributed by atoms with Crippen molar-refractivity contribution in [2.24, 2.45) is 0 Å². The van der Waals surface area contributed by atoms with Gasteiger partial charge in [0.05, 0.1) is 18.9 Å². The maximum atomic E-state index is 12.9. The zero-order valence-corrected chi connectivity index (χ0v) is 18.0. The number of aliphatic carboxylic acids is 1. The van der Waals surface area contributed by atoms with Gasteiger partial charge in [-0.05, 0) is 24.9 Å². The van der Waals surface area contributed by atoms with Crippen LogP contribution in [0.25, 0.3) is 0 Å².